The Balaban J connectivity index is 2.39. The zero-order valence-corrected chi connectivity index (χ0v) is 10.5. The predicted molar refractivity (Wildman–Crippen MR) is 69.4 cm³/mol. The quantitative estimate of drug-likeness (QED) is 0.185. The lowest BCUT2D eigenvalue weighted by Gasteiger charge is -2.07. The van der Waals surface area contributed by atoms with Gasteiger partial charge in [-0.1, -0.05) is 5.16 Å². The second-order valence-corrected chi connectivity index (χ2v) is 4.20. The summed E-state index contributed by atoms with van der Waals surface area (Å²) in [6, 6.07) is 3.65. The number of nitrogens with two attached hydrogens (primary N) is 1. The van der Waals surface area contributed by atoms with E-state index >= 15 is 0 Å². The van der Waals surface area contributed by atoms with E-state index in [4.69, 9.17) is 16.0 Å². The van der Waals surface area contributed by atoms with Gasteiger partial charge in [-0.25, -0.2) is 0 Å². The first-order chi connectivity index (χ1) is 8.63. The van der Waals surface area contributed by atoms with E-state index in [0.29, 0.717) is 12.2 Å². The van der Waals surface area contributed by atoms with Gasteiger partial charge >= 0.3 is 0 Å². The second kappa shape index (κ2) is 7.62. The van der Waals surface area contributed by atoms with Gasteiger partial charge in [-0.3, -0.25) is 4.98 Å². The molecule has 0 saturated heterocycles. The lowest BCUT2D eigenvalue weighted by molar-refractivity contribution is 0.181. The summed E-state index contributed by atoms with van der Waals surface area (Å²) in [6.07, 6.45) is 3.09. The fraction of sp³-hybridized carbons (Fsp3) is 0.500. The molecule has 0 radical (unpaired) electrons. The van der Waals surface area contributed by atoms with Crippen LogP contribution in [0.5, 0.6) is 0 Å². The van der Waals surface area contributed by atoms with Crippen LogP contribution in [0.3, 0.4) is 0 Å². The summed E-state index contributed by atoms with van der Waals surface area (Å²) in [4.78, 5) is 4.00. The molecule has 6 heteroatoms. The summed E-state index contributed by atoms with van der Waals surface area (Å²) < 4.78 is 0. The Morgan fingerprint density at radius 1 is 1.61 bits per heavy atom. The number of pyridine rings is 1. The van der Waals surface area contributed by atoms with Gasteiger partial charge < -0.3 is 21.4 Å². The molecule has 1 aromatic rings. The molecule has 0 saturated carbocycles. The van der Waals surface area contributed by atoms with Gasteiger partial charge in [0, 0.05) is 12.7 Å². The molecule has 6 nitrogen and oxygen atoms in total. The third kappa shape index (κ3) is 5.11. The Labute approximate surface area is 107 Å². The van der Waals surface area contributed by atoms with Gasteiger partial charge in [-0.2, -0.15) is 0 Å². The van der Waals surface area contributed by atoms with Gasteiger partial charge in [-0.15, -0.1) is 0 Å². The van der Waals surface area contributed by atoms with Crippen molar-refractivity contribution in [2.24, 2.45) is 10.9 Å². The molecule has 0 amide bonds. The Kier molecular flexibility index (Phi) is 6.10. The number of aliphatic hydroxyl groups excluding tert-OH is 1. The molecular weight excluding hydrogens is 232 g/mol. The largest absolute Gasteiger partial charge is 0.409 e. The van der Waals surface area contributed by atoms with Gasteiger partial charge in [0.2, 0.25) is 0 Å². The van der Waals surface area contributed by atoms with Crippen molar-refractivity contribution < 1.29 is 10.3 Å². The average Bonchev–Trinajstić information content (AvgIpc) is 2.37. The number of oxime groups is 1. The van der Waals surface area contributed by atoms with Crippen molar-refractivity contribution in [1.82, 2.24) is 10.3 Å². The van der Waals surface area contributed by atoms with Crippen molar-refractivity contribution in [3.8, 4) is 0 Å². The number of amidine groups is 1. The topological polar surface area (TPSA) is 104 Å². The molecular formula is C12H20N4O2. The number of hydrogen-bond donors (Lipinski definition) is 4. The molecule has 0 aliphatic heterocycles. The van der Waals surface area contributed by atoms with Crippen molar-refractivity contribution >= 4 is 5.84 Å². The maximum absolute atomic E-state index is 9.11. The molecule has 0 aromatic carbocycles. The van der Waals surface area contributed by atoms with Gasteiger partial charge in [-0.05, 0) is 44.0 Å². The molecule has 0 fully saturated rings. The molecule has 1 rings (SSSR count). The maximum atomic E-state index is 9.11. The van der Waals surface area contributed by atoms with Crippen LogP contribution in [0, 0.1) is 0 Å². The zero-order valence-electron chi connectivity index (χ0n) is 10.5. The van der Waals surface area contributed by atoms with E-state index in [1.54, 1.807) is 19.2 Å². The summed E-state index contributed by atoms with van der Waals surface area (Å²) in [5.41, 5.74) is 6.94. The van der Waals surface area contributed by atoms with E-state index in [9.17, 15) is 0 Å². The first-order valence-corrected chi connectivity index (χ1v) is 5.95. The van der Waals surface area contributed by atoms with Crippen LogP contribution in [-0.4, -0.2) is 33.8 Å². The van der Waals surface area contributed by atoms with Crippen LogP contribution in [0.4, 0.5) is 0 Å². The maximum Gasteiger partial charge on any atom is 0.188 e. The van der Waals surface area contributed by atoms with Crippen molar-refractivity contribution in [2.45, 2.75) is 32.4 Å². The van der Waals surface area contributed by atoms with Crippen molar-refractivity contribution in [3.63, 3.8) is 0 Å². The molecule has 0 bridgehead atoms. The lowest BCUT2D eigenvalue weighted by Crippen LogP contribution is -2.18. The van der Waals surface area contributed by atoms with Crippen LogP contribution in [0.2, 0.25) is 0 Å². The normalized spacial score (nSPS) is 13.6. The molecule has 0 aliphatic carbocycles. The first kappa shape index (κ1) is 14.4. The van der Waals surface area contributed by atoms with Crippen LogP contribution >= 0.6 is 0 Å². The summed E-state index contributed by atoms with van der Waals surface area (Å²) in [7, 11) is 0. The van der Waals surface area contributed by atoms with E-state index in [0.717, 1.165) is 24.9 Å². The van der Waals surface area contributed by atoms with E-state index < -0.39 is 0 Å². The zero-order chi connectivity index (χ0) is 13.4. The van der Waals surface area contributed by atoms with Crippen LogP contribution in [0.25, 0.3) is 0 Å². The molecule has 0 spiro atoms. The number of rotatable bonds is 7. The third-order valence-corrected chi connectivity index (χ3v) is 2.50. The highest BCUT2D eigenvalue weighted by Crippen LogP contribution is 2.02. The van der Waals surface area contributed by atoms with Gasteiger partial charge in [0.05, 0.1) is 6.10 Å². The molecule has 1 heterocycles. The fourth-order valence-corrected chi connectivity index (χ4v) is 1.53. The van der Waals surface area contributed by atoms with Crippen molar-refractivity contribution in [1.29, 1.82) is 0 Å². The Hall–Kier alpha value is -1.66. The van der Waals surface area contributed by atoms with E-state index in [1.165, 1.54) is 0 Å². The average molecular weight is 252 g/mol. The van der Waals surface area contributed by atoms with Gasteiger partial charge in [0.25, 0.3) is 0 Å². The Morgan fingerprint density at radius 3 is 3.06 bits per heavy atom. The Bertz CT molecular complexity index is 393. The van der Waals surface area contributed by atoms with Crippen LogP contribution < -0.4 is 11.1 Å². The van der Waals surface area contributed by atoms with Crippen LogP contribution in [-0.2, 0) is 6.54 Å². The minimum atomic E-state index is -0.250. The lowest BCUT2D eigenvalue weighted by atomic mass is 10.2. The number of aromatic nitrogens is 1. The third-order valence-electron chi connectivity index (χ3n) is 2.50. The molecule has 100 valence electrons. The molecule has 1 aromatic heterocycles. The fourth-order valence-electron chi connectivity index (χ4n) is 1.53. The van der Waals surface area contributed by atoms with E-state index in [1.807, 2.05) is 6.07 Å². The number of aliphatic hydroxyl groups is 1. The monoisotopic (exact) mass is 252 g/mol. The smallest absolute Gasteiger partial charge is 0.188 e. The summed E-state index contributed by atoms with van der Waals surface area (Å²) in [6.45, 7) is 3.31. The molecule has 18 heavy (non-hydrogen) atoms. The summed E-state index contributed by atoms with van der Waals surface area (Å²) >= 11 is 0. The SMILES string of the molecule is CC(O)CCCNCc1ccnc(/C(N)=N/O)c1. The minimum absolute atomic E-state index is 0.00551. The molecule has 1 unspecified atom stereocenters. The van der Waals surface area contributed by atoms with Crippen molar-refractivity contribution in [3.05, 3.63) is 29.6 Å². The van der Waals surface area contributed by atoms with E-state index in [-0.39, 0.29) is 11.9 Å². The summed E-state index contributed by atoms with van der Waals surface area (Å²) in [5, 5.41) is 23.8. The highest BCUT2D eigenvalue weighted by Gasteiger charge is 2.02. The van der Waals surface area contributed by atoms with E-state index in [2.05, 4.69) is 15.5 Å². The summed E-state index contributed by atoms with van der Waals surface area (Å²) in [5.74, 6) is 0.00551. The van der Waals surface area contributed by atoms with Crippen molar-refractivity contribution in [2.75, 3.05) is 6.54 Å². The second-order valence-electron chi connectivity index (χ2n) is 4.20. The molecule has 0 aliphatic rings. The standard InChI is InChI=1S/C12H20N4O2/c1-9(17)3-2-5-14-8-10-4-6-15-11(7-10)12(13)16-18/h4,6-7,9,14,17-18H,2-3,5,8H2,1H3,(H2,13,16). The minimum Gasteiger partial charge on any atom is -0.409 e. The van der Waals surface area contributed by atoms with Crippen LogP contribution in [0.1, 0.15) is 31.0 Å². The highest BCUT2D eigenvalue weighted by molar-refractivity contribution is 5.95. The molecule has 5 N–H and O–H groups in total. The van der Waals surface area contributed by atoms with Gasteiger partial charge in [0.1, 0.15) is 5.69 Å². The number of nitrogens with one attached hydrogen (secondary N) is 1. The molecule has 1 atom stereocenters. The van der Waals surface area contributed by atoms with Crippen LogP contribution in [0.15, 0.2) is 23.5 Å². The highest BCUT2D eigenvalue weighted by atomic mass is 16.4. The predicted octanol–water partition coefficient (Wildman–Crippen LogP) is 0.427. The number of nitrogens with zero attached hydrogens (tertiary/aromatic N) is 2. The Morgan fingerprint density at radius 2 is 2.39 bits per heavy atom. The van der Waals surface area contributed by atoms with Gasteiger partial charge in [0.15, 0.2) is 5.84 Å². The number of hydrogen-bond acceptors (Lipinski definition) is 5. The first-order valence-electron chi connectivity index (χ1n) is 5.95.